The Balaban J connectivity index is 0.00000208. The maximum absolute atomic E-state index is 11.1. The van der Waals surface area contributed by atoms with Crippen LogP contribution in [0.25, 0.3) is 11.5 Å². The molecule has 0 saturated carbocycles. The Morgan fingerprint density at radius 1 is 1.29 bits per heavy atom. The van der Waals surface area contributed by atoms with E-state index >= 15 is 0 Å². The number of piperidine rings is 1. The molecule has 9 heteroatoms. The maximum atomic E-state index is 11.1. The summed E-state index contributed by atoms with van der Waals surface area (Å²) in [6.07, 6.45) is 2.25. The number of H-pyrrole nitrogens is 1. The average Bonchev–Trinajstić information content (AvgIpc) is 2.97. The molecular formula is C15H19Cl3N4O2. The summed E-state index contributed by atoms with van der Waals surface area (Å²) in [7, 11) is 0. The van der Waals surface area contributed by atoms with Crippen LogP contribution in [0.1, 0.15) is 19.8 Å². The molecule has 0 radical (unpaired) electrons. The highest BCUT2D eigenvalue weighted by molar-refractivity contribution is 6.37. The van der Waals surface area contributed by atoms with Gasteiger partial charge in [-0.1, -0.05) is 23.2 Å². The number of benzene rings is 1. The molecule has 3 N–H and O–H groups in total. The zero-order chi connectivity index (χ0) is 16.4. The van der Waals surface area contributed by atoms with Crippen molar-refractivity contribution in [1.29, 1.82) is 0 Å². The molecule has 2 aromatic rings. The lowest BCUT2D eigenvalue weighted by atomic mass is 9.91. The number of hydrogen-bond acceptors (Lipinski definition) is 5. The molecule has 24 heavy (non-hydrogen) atoms. The smallest absolute Gasteiger partial charge is 0.388 e. The molecule has 1 fully saturated rings. The summed E-state index contributed by atoms with van der Waals surface area (Å²) in [6, 6.07) is 3.67. The summed E-state index contributed by atoms with van der Waals surface area (Å²) in [4.78, 5) is 11.1. The van der Waals surface area contributed by atoms with Crippen molar-refractivity contribution in [2.24, 2.45) is 5.92 Å². The van der Waals surface area contributed by atoms with Gasteiger partial charge in [-0.05, 0) is 50.9 Å². The van der Waals surface area contributed by atoms with Crippen LogP contribution in [0.3, 0.4) is 0 Å². The molecular weight excluding hydrogens is 375 g/mol. The zero-order valence-electron chi connectivity index (χ0n) is 13.1. The van der Waals surface area contributed by atoms with Crippen LogP contribution in [-0.4, -0.2) is 29.3 Å². The summed E-state index contributed by atoms with van der Waals surface area (Å²) < 4.78 is 4.98. The quantitative estimate of drug-likeness (QED) is 0.740. The van der Waals surface area contributed by atoms with Gasteiger partial charge in [-0.15, -0.1) is 17.5 Å². The van der Waals surface area contributed by atoms with Crippen molar-refractivity contribution < 1.29 is 4.42 Å². The van der Waals surface area contributed by atoms with Crippen LogP contribution in [0.4, 0.5) is 5.69 Å². The van der Waals surface area contributed by atoms with Crippen LogP contribution in [0.2, 0.25) is 10.0 Å². The lowest BCUT2D eigenvalue weighted by Crippen LogP contribution is -2.36. The monoisotopic (exact) mass is 392 g/mol. The van der Waals surface area contributed by atoms with E-state index in [1.165, 1.54) is 0 Å². The van der Waals surface area contributed by atoms with Crippen LogP contribution >= 0.6 is 35.6 Å². The van der Waals surface area contributed by atoms with Crippen molar-refractivity contribution >= 4 is 41.3 Å². The predicted octanol–water partition coefficient (Wildman–Crippen LogP) is 3.56. The van der Waals surface area contributed by atoms with E-state index in [9.17, 15) is 4.79 Å². The van der Waals surface area contributed by atoms with Crippen molar-refractivity contribution in [2.75, 3.05) is 18.4 Å². The summed E-state index contributed by atoms with van der Waals surface area (Å²) in [5.41, 5.74) is 1.28. The third-order valence-electron chi connectivity index (χ3n) is 4.20. The molecule has 0 spiro atoms. The first-order chi connectivity index (χ1) is 11.0. The van der Waals surface area contributed by atoms with Gasteiger partial charge in [-0.2, -0.15) is 0 Å². The largest absolute Gasteiger partial charge is 0.434 e. The molecule has 6 nitrogen and oxygen atoms in total. The number of nitrogens with one attached hydrogen (secondary N) is 3. The minimum atomic E-state index is -0.622. The first kappa shape index (κ1) is 19.1. The van der Waals surface area contributed by atoms with Gasteiger partial charge in [-0.25, -0.2) is 9.89 Å². The van der Waals surface area contributed by atoms with E-state index in [0.29, 0.717) is 21.5 Å². The van der Waals surface area contributed by atoms with Crippen LogP contribution in [0.15, 0.2) is 21.3 Å². The lowest BCUT2D eigenvalue weighted by molar-refractivity contribution is 0.343. The van der Waals surface area contributed by atoms with Gasteiger partial charge in [0, 0.05) is 6.04 Å². The van der Waals surface area contributed by atoms with Crippen LogP contribution in [0, 0.1) is 5.92 Å². The summed E-state index contributed by atoms with van der Waals surface area (Å²) in [5, 5.41) is 13.8. The Hall–Kier alpha value is -1.21. The average molecular weight is 394 g/mol. The van der Waals surface area contributed by atoms with E-state index in [4.69, 9.17) is 27.6 Å². The van der Waals surface area contributed by atoms with Crippen molar-refractivity contribution in [3.63, 3.8) is 0 Å². The number of rotatable bonds is 4. The molecule has 1 atom stereocenters. The Morgan fingerprint density at radius 2 is 2.00 bits per heavy atom. The molecule has 1 unspecified atom stereocenters. The standard InChI is InChI=1S/C15H18Cl2N4O2.ClH/c1-8(9-2-4-18-5-3-9)19-13-6-10(11(16)7-12(13)17)14-20-21-15(22)23-14;/h6-9,18-19H,2-5H2,1H3,(H,21,22);1H. The van der Waals surface area contributed by atoms with Gasteiger partial charge in [0.05, 0.1) is 21.3 Å². The second-order valence-corrected chi connectivity index (χ2v) is 6.57. The highest BCUT2D eigenvalue weighted by Crippen LogP contribution is 2.35. The van der Waals surface area contributed by atoms with Crippen molar-refractivity contribution in [3.8, 4) is 11.5 Å². The Kier molecular flexibility index (Phi) is 6.57. The van der Waals surface area contributed by atoms with E-state index in [0.717, 1.165) is 31.6 Å². The summed E-state index contributed by atoms with van der Waals surface area (Å²) >= 11 is 12.5. The Morgan fingerprint density at radius 3 is 2.62 bits per heavy atom. The number of hydrogen-bond donors (Lipinski definition) is 3. The first-order valence-electron chi connectivity index (χ1n) is 7.57. The maximum Gasteiger partial charge on any atom is 0.434 e. The van der Waals surface area contributed by atoms with Crippen LogP contribution < -0.4 is 16.4 Å². The van der Waals surface area contributed by atoms with Gasteiger partial charge in [-0.3, -0.25) is 0 Å². The third kappa shape index (κ3) is 4.25. The van der Waals surface area contributed by atoms with Gasteiger partial charge in [0.2, 0.25) is 0 Å². The Bertz CT molecular complexity index is 741. The number of aromatic amines is 1. The highest BCUT2D eigenvalue weighted by atomic mass is 35.5. The molecule has 1 aromatic heterocycles. The fourth-order valence-electron chi connectivity index (χ4n) is 2.88. The normalized spacial score (nSPS) is 16.5. The fourth-order valence-corrected chi connectivity index (χ4v) is 3.39. The zero-order valence-corrected chi connectivity index (χ0v) is 15.4. The van der Waals surface area contributed by atoms with E-state index in [2.05, 4.69) is 27.8 Å². The van der Waals surface area contributed by atoms with Crippen LogP contribution in [-0.2, 0) is 0 Å². The molecule has 1 saturated heterocycles. The molecule has 0 amide bonds. The third-order valence-corrected chi connectivity index (χ3v) is 4.82. The SMILES string of the molecule is CC(Nc1cc(-c2n[nH]c(=O)o2)c(Cl)cc1Cl)C1CCNCC1.Cl. The minimum Gasteiger partial charge on any atom is -0.388 e. The van der Waals surface area contributed by atoms with E-state index in [1.54, 1.807) is 12.1 Å². The van der Waals surface area contributed by atoms with Crippen LogP contribution in [0.5, 0.6) is 0 Å². The molecule has 1 aliphatic heterocycles. The van der Waals surface area contributed by atoms with Gasteiger partial charge in [0.25, 0.3) is 5.89 Å². The second-order valence-electron chi connectivity index (χ2n) is 5.75. The summed E-state index contributed by atoms with van der Waals surface area (Å²) in [6.45, 7) is 4.22. The molecule has 2 heterocycles. The molecule has 3 rings (SSSR count). The van der Waals surface area contributed by atoms with Crippen molar-refractivity contribution in [2.45, 2.75) is 25.8 Å². The van der Waals surface area contributed by atoms with E-state index in [-0.39, 0.29) is 24.3 Å². The van der Waals surface area contributed by atoms with Gasteiger partial charge in [0.15, 0.2) is 0 Å². The molecule has 132 valence electrons. The molecule has 1 aromatic carbocycles. The van der Waals surface area contributed by atoms with Crippen molar-refractivity contribution in [3.05, 3.63) is 32.7 Å². The fraction of sp³-hybridized carbons (Fsp3) is 0.467. The molecule has 0 aliphatic carbocycles. The lowest BCUT2D eigenvalue weighted by Gasteiger charge is -2.30. The topological polar surface area (TPSA) is 83.0 Å². The molecule has 0 bridgehead atoms. The highest BCUT2D eigenvalue weighted by Gasteiger charge is 2.21. The number of aromatic nitrogens is 2. The predicted molar refractivity (Wildman–Crippen MR) is 98.5 cm³/mol. The van der Waals surface area contributed by atoms with E-state index in [1.807, 2.05) is 0 Å². The van der Waals surface area contributed by atoms with Crippen molar-refractivity contribution in [1.82, 2.24) is 15.5 Å². The number of halogens is 3. The second kappa shape index (κ2) is 8.25. The number of nitrogens with zero attached hydrogens (tertiary/aromatic N) is 1. The van der Waals surface area contributed by atoms with E-state index < -0.39 is 5.76 Å². The van der Waals surface area contributed by atoms with Gasteiger partial charge < -0.3 is 15.1 Å². The minimum absolute atomic E-state index is 0. The first-order valence-corrected chi connectivity index (χ1v) is 8.32. The Labute approximate surface area is 155 Å². The summed E-state index contributed by atoms with van der Waals surface area (Å²) in [5.74, 6) is 0.104. The molecule has 1 aliphatic rings. The van der Waals surface area contributed by atoms with Gasteiger partial charge in [0.1, 0.15) is 0 Å². The van der Waals surface area contributed by atoms with Gasteiger partial charge >= 0.3 is 5.76 Å². The number of anilines is 1.